The number of ether oxygens (including phenoxy) is 2. The number of Topliss-reactive ketones (excluding diaryl/α,β-unsaturated/α-hetero) is 1. The smallest absolute Gasteiger partial charge is 0.290 e. The van der Waals surface area contributed by atoms with Gasteiger partial charge in [0.1, 0.15) is 0 Å². The van der Waals surface area contributed by atoms with Crippen LogP contribution in [-0.4, -0.2) is 49.1 Å². The molecule has 0 aliphatic carbocycles. The Morgan fingerprint density at radius 2 is 1.82 bits per heavy atom. The minimum atomic E-state index is -0.765. The minimum absolute atomic E-state index is 0.0114. The summed E-state index contributed by atoms with van der Waals surface area (Å²) in [5, 5.41) is 11.5. The number of rotatable bonds is 7. The SMILES string of the molecule is COCCN1C(=O)C(O)=C(C(=O)c2cc3cccc(OC)c3o2)C1c1ccc(C(C)(C)C)cc1. The molecule has 1 amide bonds. The van der Waals surface area contributed by atoms with E-state index in [0.29, 0.717) is 16.7 Å². The zero-order valence-corrected chi connectivity index (χ0v) is 20.0. The van der Waals surface area contributed by atoms with E-state index in [4.69, 9.17) is 13.9 Å². The Morgan fingerprint density at radius 3 is 2.44 bits per heavy atom. The van der Waals surface area contributed by atoms with Crippen molar-refractivity contribution >= 4 is 22.7 Å². The molecule has 1 N–H and O–H groups in total. The highest BCUT2D eigenvalue weighted by Crippen LogP contribution is 2.40. The Balaban J connectivity index is 1.80. The Morgan fingerprint density at radius 1 is 1.12 bits per heavy atom. The van der Waals surface area contributed by atoms with Gasteiger partial charge in [0.25, 0.3) is 5.91 Å². The van der Waals surface area contributed by atoms with Crippen LogP contribution in [0.25, 0.3) is 11.0 Å². The Labute approximate surface area is 198 Å². The highest BCUT2D eigenvalue weighted by atomic mass is 16.5. The molecule has 178 valence electrons. The van der Waals surface area contributed by atoms with Crippen LogP contribution in [0.4, 0.5) is 0 Å². The molecule has 0 spiro atoms. The summed E-state index contributed by atoms with van der Waals surface area (Å²) in [4.78, 5) is 28.1. The fourth-order valence-corrected chi connectivity index (χ4v) is 4.26. The Hall–Kier alpha value is -3.58. The van der Waals surface area contributed by atoms with Crippen LogP contribution in [-0.2, 0) is 14.9 Å². The summed E-state index contributed by atoms with van der Waals surface area (Å²) >= 11 is 0. The van der Waals surface area contributed by atoms with E-state index in [1.165, 1.54) is 19.1 Å². The van der Waals surface area contributed by atoms with E-state index in [2.05, 4.69) is 20.8 Å². The van der Waals surface area contributed by atoms with Gasteiger partial charge in [-0.3, -0.25) is 9.59 Å². The lowest BCUT2D eigenvalue weighted by molar-refractivity contribution is -0.130. The maximum absolute atomic E-state index is 13.6. The van der Waals surface area contributed by atoms with E-state index in [-0.39, 0.29) is 29.9 Å². The Kier molecular flexibility index (Phi) is 6.23. The van der Waals surface area contributed by atoms with Gasteiger partial charge >= 0.3 is 0 Å². The molecule has 7 heteroatoms. The number of benzene rings is 2. The summed E-state index contributed by atoms with van der Waals surface area (Å²) < 4.78 is 16.3. The molecule has 7 nitrogen and oxygen atoms in total. The summed E-state index contributed by atoms with van der Waals surface area (Å²) in [6.45, 7) is 6.82. The van der Waals surface area contributed by atoms with Crippen molar-refractivity contribution in [3.05, 3.63) is 76.8 Å². The zero-order valence-electron chi connectivity index (χ0n) is 20.0. The number of hydrogen-bond donors (Lipinski definition) is 1. The third-order valence-electron chi connectivity index (χ3n) is 6.13. The number of aliphatic hydroxyl groups is 1. The summed E-state index contributed by atoms with van der Waals surface area (Å²) in [7, 11) is 3.06. The molecular weight excluding hydrogens is 434 g/mol. The van der Waals surface area contributed by atoms with Crippen molar-refractivity contribution in [1.29, 1.82) is 0 Å². The van der Waals surface area contributed by atoms with Gasteiger partial charge in [-0.2, -0.15) is 0 Å². The predicted octanol–water partition coefficient (Wildman–Crippen LogP) is 4.96. The minimum Gasteiger partial charge on any atom is -0.503 e. The van der Waals surface area contributed by atoms with Gasteiger partial charge in [0.05, 0.1) is 25.3 Å². The molecule has 3 aromatic rings. The van der Waals surface area contributed by atoms with Crippen LogP contribution in [0.5, 0.6) is 5.75 Å². The van der Waals surface area contributed by atoms with Crippen molar-refractivity contribution in [2.24, 2.45) is 0 Å². The van der Waals surface area contributed by atoms with Crippen LogP contribution in [0.3, 0.4) is 0 Å². The predicted molar refractivity (Wildman–Crippen MR) is 128 cm³/mol. The number of furan rings is 1. The first-order valence-electron chi connectivity index (χ1n) is 11.1. The van der Waals surface area contributed by atoms with Crippen molar-refractivity contribution in [2.75, 3.05) is 27.4 Å². The van der Waals surface area contributed by atoms with Gasteiger partial charge in [0, 0.05) is 19.0 Å². The highest BCUT2D eigenvalue weighted by molar-refractivity contribution is 6.16. The van der Waals surface area contributed by atoms with Crippen LogP contribution >= 0.6 is 0 Å². The summed E-state index contributed by atoms with van der Waals surface area (Å²) in [5.41, 5.74) is 2.21. The monoisotopic (exact) mass is 463 g/mol. The number of carbonyl (C=O) groups is 2. The van der Waals surface area contributed by atoms with Gasteiger partial charge in [-0.05, 0) is 28.7 Å². The van der Waals surface area contributed by atoms with Gasteiger partial charge in [0.2, 0.25) is 5.78 Å². The summed E-state index contributed by atoms with van der Waals surface area (Å²) in [6.07, 6.45) is 0. The number of aliphatic hydroxyl groups excluding tert-OH is 1. The van der Waals surface area contributed by atoms with Crippen LogP contribution < -0.4 is 4.74 Å². The first-order chi connectivity index (χ1) is 16.2. The number of carbonyl (C=O) groups excluding carboxylic acids is 2. The van der Waals surface area contributed by atoms with Gasteiger partial charge < -0.3 is 23.9 Å². The molecule has 1 unspecified atom stereocenters. The van der Waals surface area contributed by atoms with Gasteiger partial charge in [-0.15, -0.1) is 0 Å². The van der Waals surface area contributed by atoms with E-state index < -0.39 is 23.5 Å². The molecule has 2 aromatic carbocycles. The summed E-state index contributed by atoms with van der Waals surface area (Å²) in [6, 6.07) is 13.9. The van der Waals surface area contributed by atoms with Crippen molar-refractivity contribution < 1.29 is 28.6 Å². The molecular formula is C27H29NO6. The largest absolute Gasteiger partial charge is 0.503 e. The second-order valence-corrected chi connectivity index (χ2v) is 9.35. The highest BCUT2D eigenvalue weighted by Gasteiger charge is 2.44. The van der Waals surface area contributed by atoms with E-state index in [1.54, 1.807) is 24.3 Å². The summed E-state index contributed by atoms with van der Waals surface area (Å²) in [5.74, 6) is -1.21. The van der Waals surface area contributed by atoms with Gasteiger partial charge in [-0.25, -0.2) is 0 Å². The molecule has 1 aliphatic heterocycles. The van der Waals surface area contributed by atoms with Crippen LogP contribution in [0, 0.1) is 0 Å². The second kappa shape index (κ2) is 8.99. The number of para-hydroxylation sites is 1. The fraction of sp³-hybridized carbons (Fsp3) is 0.333. The van der Waals surface area contributed by atoms with Crippen molar-refractivity contribution in [3.8, 4) is 5.75 Å². The average Bonchev–Trinajstić information content (AvgIpc) is 3.36. The first kappa shape index (κ1) is 23.6. The van der Waals surface area contributed by atoms with E-state index in [9.17, 15) is 14.7 Å². The molecule has 0 saturated carbocycles. The number of nitrogens with zero attached hydrogens (tertiary/aromatic N) is 1. The molecule has 4 rings (SSSR count). The molecule has 0 fully saturated rings. The molecule has 0 radical (unpaired) electrons. The van der Waals surface area contributed by atoms with Gasteiger partial charge in [0.15, 0.2) is 22.9 Å². The molecule has 1 atom stereocenters. The third kappa shape index (κ3) is 4.07. The number of methoxy groups -OCH3 is 2. The number of hydrogen-bond acceptors (Lipinski definition) is 6. The molecule has 1 aromatic heterocycles. The molecule has 1 aliphatic rings. The maximum Gasteiger partial charge on any atom is 0.290 e. The molecule has 34 heavy (non-hydrogen) atoms. The number of amides is 1. The van der Waals surface area contributed by atoms with E-state index >= 15 is 0 Å². The number of ketones is 1. The fourth-order valence-electron chi connectivity index (χ4n) is 4.26. The van der Waals surface area contributed by atoms with Crippen LogP contribution in [0.15, 0.2) is 64.3 Å². The van der Waals surface area contributed by atoms with Crippen LogP contribution in [0.2, 0.25) is 0 Å². The van der Waals surface area contributed by atoms with Gasteiger partial charge in [-0.1, -0.05) is 57.2 Å². The second-order valence-electron chi connectivity index (χ2n) is 9.35. The maximum atomic E-state index is 13.6. The Bertz CT molecular complexity index is 1260. The number of fused-ring (bicyclic) bond motifs is 1. The van der Waals surface area contributed by atoms with Crippen LogP contribution in [0.1, 0.15) is 48.5 Å². The molecule has 0 saturated heterocycles. The van der Waals surface area contributed by atoms with E-state index in [1.807, 2.05) is 24.3 Å². The standard InChI is InChI=1S/C27H29NO6/c1-27(2,3)18-11-9-16(10-12-18)22-21(24(30)26(31)28(22)13-14-32-4)23(29)20-15-17-7-6-8-19(33-5)25(17)34-20/h6-12,15,22,30H,13-14H2,1-5H3. The molecule has 2 heterocycles. The molecule has 0 bridgehead atoms. The third-order valence-corrected chi connectivity index (χ3v) is 6.13. The van der Waals surface area contributed by atoms with E-state index in [0.717, 1.165) is 11.1 Å². The van der Waals surface area contributed by atoms with Crippen molar-refractivity contribution in [2.45, 2.75) is 32.2 Å². The first-order valence-corrected chi connectivity index (χ1v) is 11.1. The normalized spacial score (nSPS) is 16.6. The lowest BCUT2D eigenvalue weighted by Gasteiger charge is -2.27. The topological polar surface area (TPSA) is 89.2 Å². The van der Waals surface area contributed by atoms with Crippen molar-refractivity contribution in [3.63, 3.8) is 0 Å². The zero-order chi connectivity index (χ0) is 24.6. The van der Waals surface area contributed by atoms with Crippen molar-refractivity contribution in [1.82, 2.24) is 4.90 Å². The lowest BCUT2D eigenvalue weighted by atomic mass is 9.85. The lowest BCUT2D eigenvalue weighted by Crippen LogP contribution is -2.34. The average molecular weight is 464 g/mol. The quantitative estimate of drug-likeness (QED) is 0.498.